The number of nitrogens with one attached hydrogen (secondary N) is 1. The van der Waals surface area contributed by atoms with E-state index in [1.165, 1.54) is 13.2 Å². The number of amides is 1. The second kappa shape index (κ2) is 3.96. The zero-order chi connectivity index (χ0) is 11.7. The van der Waals surface area contributed by atoms with Crippen LogP contribution in [-0.2, 0) is 11.3 Å². The van der Waals surface area contributed by atoms with Crippen molar-refractivity contribution in [1.82, 2.24) is 15.1 Å². The molecule has 0 aromatic carbocycles. The Balaban J connectivity index is 2.35. The van der Waals surface area contributed by atoms with E-state index in [0.717, 1.165) is 6.42 Å². The Labute approximate surface area is 92.6 Å². The lowest BCUT2D eigenvalue weighted by molar-refractivity contribution is 0.0593. The van der Waals surface area contributed by atoms with Crippen LogP contribution in [0.4, 0.5) is 0 Å². The van der Waals surface area contributed by atoms with Crippen molar-refractivity contribution >= 4 is 11.9 Å². The van der Waals surface area contributed by atoms with Crippen LogP contribution in [0.2, 0.25) is 0 Å². The minimum Gasteiger partial charge on any atom is -0.464 e. The zero-order valence-corrected chi connectivity index (χ0v) is 9.19. The quantitative estimate of drug-likeness (QED) is 0.690. The minimum absolute atomic E-state index is 0.121. The predicted octanol–water partition coefficient (Wildman–Crippen LogP) is 0.192. The van der Waals surface area contributed by atoms with Gasteiger partial charge in [-0.2, -0.15) is 5.10 Å². The van der Waals surface area contributed by atoms with Gasteiger partial charge in [-0.25, -0.2) is 4.79 Å². The van der Waals surface area contributed by atoms with Gasteiger partial charge >= 0.3 is 5.97 Å². The number of esters is 1. The van der Waals surface area contributed by atoms with Crippen molar-refractivity contribution < 1.29 is 14.3 Å². The molecule has 1 aliphatic heterocycles. The lowest BCUT2D eigenvalue weighted by atomic mass is 10.2. The smallest absolute Gasteiger partial charge is 0.358 e. The van der Waals surface area contributed by atoms with Gasteiger partial charge in [0.25, 0.3) is 5.91 Å². The molecule has 6 nitrogen and oxygen atoms in total. The largest absolute Gasteiger partial charge is 0.464 e. The number of aromatic nitrogens is 2. The molecule has 0 radical (unpaired) electrons. The average molecular weight is 223 g/mol. The van der Waals surface area contributed by atoms with E-state index in [-0.39, 0.29) is 17.6 Å². The van der Waals surface area contributed by atoms with Crippen molar-refractivity contribution in [2.75, 3.05) is 7.11 Å². The number of carbonyl (C=O) groups excluding carboxylic acids is 2. The van der Waals surface area contributed by atoms with Gasteiger partial charge in [0, 0.05) is 18.7 Å². The molecule has 2 rings (SSSR count). The van der Waals surface area contributed by atoms with Crippen molar-refractivity contribution in [1.29, 1.82) is 0 Å². The Bertz CT molecular complexity index is 439. The van der Waals surface area contributed by atoms with Crippen LogP contribution in [0, 0.1) is 0 Å². The first-order valence-corrected chi connectivity index (χ1v) is 5.09. The standard InChI is InChI=1S/C10H13N3O3/c1-6-3-4-13-8(9(14)11-6)5-7(12-13)10(15)16-2/h5-6H,3-4H2,1-2H3,(H,11,14). The lowest BCUT2D eigenvalue weighted by Crippen LogP contribution is -2.30. The monoisotopic (exact) mass is 223 g/mol. The normalized spacial score (nSPS) is 19.6. The van der Waals surface area contributed by atoms with Gasteiger partial charge in [0.2, 0.25) is 0 Å². The van der Waals surface area contributed by atoms with Crippen LogP contribution in [0.25, 0.3) is 0 Å². The summed E-state index contributed by atoms with van der Waals surface area (Å²) < 4.78 is 6.10. The van der Waals surface area contributed by atoms with Crippen molar-refractivity contribution in [3.8, 4) is 0 Å². The topological polar surface area (TPSA) is 73.2 Å². The van der Waals surface area contributed by atoms with E-state index in [4.69, 9.17) is 0 Å². The first-order valence-electron chi connectivity index (χ1n) is 5.09. The van der Waals surface area contributed by atoms with E-state index in [1.807, 2.05) is 6.92 Å². The maximum absolute atomic E-state index is 11.7. The fraction of sp³-hybridized carbons (Fsp3) is 0.500. The number of rotatable bonds is 1. The van der Waals surface area contributed by atoms with Gasteiger partial charge in [-0.15, -0.1) is 0 Å². The molecule has 1 unspecified atom stereocenters. The molecule has 2 heterocycles. The molecule has 1 amide bonds. The van der Waals surface area contributed by atoms with Gasteiger partial charge in [0.1, 0.15) is 5.69 Å². The summed E-state index contributed by atoms with van der Waals surface area (Å²) in [6.45, 7) is 2.55. The van der Waals surface area contributed by atoms with Crippen molar-refractivity contribution in [3.05, 3.63) is 17.5 Å². The fourth-order valence-electron chi connectivity index (χ4n) is 1.66. The molecule has 1 aliphatic rings. The Hall–Kier alpha value is -1.85. The molecule has 1 atom stereocenters. The van der Waals surface area contributed by atoms with Crippen LogP contribution >= 0.6 is 0 Å². The molecule has 16 heavy (non-hydrogen) atoms. The van der Waals surface area contributed by atoms with E-state index >= 15 is 0 Å². The number of methoxy groups -OCH3 is 1. The number of fused-ring (bicyclic) bond motifs is 1. The molecule has 0 bridgehead atoms. The maximum Gasteiger partial charge on any atom is 0.358 e. The second-order valence-corrected chi connectivity index (χ2v) is 3.79. The fourth-order valence-corrected chi connectivity index (χ4v) is 1.66. The molecule has 0 aliphatic carbocycles. The average Bonchev–Trinajstić information content (AvgIpc) is 2.64. The first-order chi connectivity index (χ1) is 7.61. The summed E-state index contributed by atoms with van der Waals surface area (Å²) in [6.07, 6.45) is 0.793. The maximum atomic E-state index is 11.7. The number of aryl methyl sites for hydroxylation is 1. The molecule has 6 heteroatoms. The molecule has 1 N–H and O–H groups in total. The van der Waals surface area contributed by atoms with E-state index in [9.17, 15) is 9.59 Å². The molecular weight excluding hydrogens is 210 g/mol. The molecule has 1 aromatic heterocycles. The van der Waals surface area contributed by atoms with Gasteiger partial charge in [0.05, 0.1) is 7.11 Å². The van der Waals surface area contributed by atoms with Crippen molar-refractivity contribution in [2.24, 2.45) is 0 Å². The highest BCUT2D eigenvalue weighted by Gasteiger charge is 2.23. The highest BCUT2D eigenvalue weighted by atomic mass is 16.5. The summed E-state index contributed by atoms with van der Waals surface area (Å²) in [4.78, 5) is 23.0. The van der Waals surface area contributed by atoms with Crippen molar-refractivity contribution in [3.63, 3.8) is 0 Å². The Morgan fingerprint density at radius 2 is 2.44 bits per heavy atom. The van der Waals surface area contributed by atoms with Crippen LogP contribution in [0.1, 0.15) is 34.3 Å². The minimum atomic E-state index is -0.526. The predicted molar refractivity (Wildman–Crippen MR) is 55.1 cm³/mol. The van der Waals surface area contributed by atoms with Crippen molar-refractivity contribution in [2.45, 2.75) is 25.9 Å². The summed E-state index contributed by atoms with van der Waals surface area (Å²) in [5, 5.41) is 6.86. The molecule has 0 spiro atoms. The van der Waals surface area contributed by atoms with Gasteiger partial charge in [0.15, 0.2) is 5.69 Å². The summed E-state index contributed by atoms with van der Waals surface area (Å²) in [7, 11) is 1.29. The lowest BCUT2D eigenvalue weighted by Gasteiger charge is -2.07. The molecule has 1 aromatic rings. The number of hydrogen-bond donors (Lipinski definition) is 1. The van der Waals surface area contributed by atoms with Crippen LogP contribution in [0.5, 0.6) is 0 Å². The SMILES string of the molecule is COC(=O)c1cc2n(n1)CCC(C)NC2=O. The van der Waals surface area contributed by atoms with E-state index in [0.29, 0.717) is 12.2 Å². The van der Waals surface area contributed by atoms with E-state index in [1.54, 1.807) is 4.68 Å². The number of ether oxygens (including phenoxy) is 1. The van der Waals surface area contributed by atoms with Crippen LogP contribution < -0.4 is 5.32 Å². The van der Waals surface area contributed by atoms with Gasteiger partial charge in [-0.3, -0.25) is 9.48 Å². The number of carbonyl (C=O) groups is 2. The Morgan fingerprint density at radius 1 is 1.69 bits per heavy atom. The number of nitrogens with zero attached hydrogens (tertiary/aromatic N) is 2. The van der Waals surface area contributed by atoms with Gasteiger partial charge in [-0.1, -0.05) is 0 Å². The first kappa shape index (κ1) is 10.7. The molecule has 86 valence electrons. The summed E-state index contributed by atoms with van der Waals surface area (Å²) in [6, 6.07) is 1.58. The Kier molecular flexibility index (Phi) is 2.64. The third-order valence-corrected chi connectivity index (χ3v) is 2.56. The van der Waals surface area contributed by atoms with Crippen LogP contribution in [0.15, 0.2) is 6.07 Å². The summed E-state index contributed by atoms with van der Waals surface area (Å²) >= 11 is 0. The molecule has 0 saturated carbocycles. The number of hydrogen-bond acceptors (Lipinski definition) is 4. The molecule has 0 fully saturated rings. The van der Waals surface area contributed by atoms with E-state index < -0.39 is 5.97 Å². The summed E-state index contributed by atoms with van der Waals surface area (Å²) in [5.41, 5.74) is 0.576. The summed E-state index contributed by atoms with van der Waals surface area (Å²) in [5.74, 6) is -0.728. The van der Waals surface area contributed by atoms with Crippen LogP contribution in [0.3, 0.4) is 0 Å². The molecule has 0 saturated heterocycles. The molecular formula is C10H13N3O3. The van der Waals surface area contributed by atoms with Gasteiger partial charge < -0.3 is 10.1 Å². The van der Waals surface area contributed by atoms with Crippen LogP contribution in [-0.4, -0.2) is 34.8 Å². The highest BCUT2D eigenvalue weighted by Crippen LogP contribution is 2.11. The Morgan fingerprint density at radius 3 is 3.12 bits per heavy atom. The van der Waals surface area contributed by atoms with E-state index in [2.05, 4.69) is 15.2 Å². The van der Waals surface area contributed by atoms with Gasteiger partial charge in [-0.05, 0) is 13.3 Å². The third kappa shape index (κ3) is 1.78. The third-order valence-electron chi connectivity index (χ3n) is 2.56. The zero-order valence-electron chi connectivity index (χ0n) is 9.19. The highest BCUT2D eigenvalue weighted by molar-refractivity contribution is 5.96. The second-order valence-electron chi connectivity index (χ2n) is 3.79.